The first-order valence-electron chi connectivity index (χ1n) is 13.2. The van der Waals surface area contributed by atoms with Crippen molar-refractivity contribution in [3.8, 4) is 11.5 Å². The Bertz CT molecular complexity index is 1750. The van der Waals surface area contributed by atoms with Crippen molar-refractivity contribution in [3.63, 3.8) is 0 Å². The van der Waals surface area contributed by atoms with Crippen molar-refractivity contribution in [2.45, 2.75) is 13.8 Å². The number of hydrogen-bond acceptors (Lipinski definition) is 9. The molecule has 0 saturated carbocycles. The minimum atomic E-state index is -0.685. The number of hydrogen-bond donors (Lipinski definition) is 2. The molecule has 4 rings (SSSR count). The van der Waals surface area contributed by atoms with E-state index in [1.165, 1.54) is 38.5 Å². The molecule has 14 heteroatoms. The van der Waals surface area contributed by atoms with E-state index in [-0.39, 0.29) is 33.7 Å². The summed E-state index contributed by atoms with van der Waals surface area (Å²) in [6.07, 6.45) is 1.49. The third-order valence-corrected chi connectivity index (χ3v) is 8.43. The van der Waals surface area contributed by atoms with Gasteiger partial charge in [-0.3, -0.25) is 24.1 Å². The molecular weight excluding hydrogens is 690 g/mol. The normalized spacial score (nSPS) is 13.6. The SMILES string of the molecule is COC(=O)c1cc(NC(=O)CN2C(=O)S/C(=C/c3ccc(OCC(=O)Nc4cc(C)c(C)cc4Br)c(OC)c3)C2=O)ccc1Cl. The topological polar surface area (TPSA) is 140 Å². The predicted molar refractivity (Wildman–Crippen MR) is 175 cm³/mol. The molecule has 0 atom stereocenters. The van der Waals surface area contributed by atoms with Gasteiger partial charge < -0.3 is 24.8 Å². The molecule has 1 aliphatic rings. The lowest BCUT2D eigenvalue weighted by Gasteiger charge is -2.13. The summed E-state index contributed by atoms with van der Waals surface area (Å²) in [5.41, 5.74) is 3.54. The Labute approximate surface area is 276 Å². The second-order valence-electron chi connectivity index (χ2n) is 9.67. The maximum absolute atomic E-state index is 13.0. The molecule has 0 unspecified atom stereocenters. The molecule has 11 nitrogen and oxygen atoms in total. The van der Waals surface area contributed by atoms with Crippen molar-refractivity contribution in [2.24, 2.45) is 0 Å². The highest BCUT2D eigenvalue weighted by molar-refractivity contribution is 9.10. The zero-order valence-corrected chi connectivity index (χ0v) is 27.6. The summed E-state index contributed by atoms with van der Waals surface area (Å²) < 4.78 is 16.5. The van der Waals surface area contributed by atoms with Gasteiger partial charge in [-0.1, -0.05) is 17.7 Å². The molecule has 0 spiro atoms. The molecule has 0 bridgehead atoms. The summed E-state index contributed by atoms with van der Waals surface area (Å²) in [6, 6.07) is 12.8. The number of nitrogens with zero attached hydrogens (tertiary/aromatic N) is 1. The van der Waals surface area contributed by atoms with Gasteiger partial charge in [0.05, 0.1) is 35.4 Å². The van der Waals surface area contributed by atoms with Crippen LogP contribution < -0.4 is 20.1 Å². The van der Waals surface area contributed by atoms with Crippen molar-refractivity contribution in [3.05, 3.63) is 85.2 Å². The Hall–Kier alpha value is -4.33. The van der Waals surface area contributed by atoms with E-state index in [0.717, 1.165) is 20.5 Å². The number of methoxy groups -OCH3 is 2. The molecule has 0 radical (unpaired) electrons. The second kappa shape index (κ2) is 14.6. The number of anilines is 2. The van der Waals surface area contributed by atoms with E-state index in [1.54, 1.807) is 18.2 Å². The number of esters is 1. The molecular formula is C31H27BrClN3O8S. The first-order chi connectivity index (χ1) is 21.4. The highest BCUT2D eigenvalue weighted by Gasteiger charge is 2.36. The number of rotatable bonds is 10. The van der Waals surface area contributed by atoms with Gasteiger partial charge in [0.1, 0.15) is 6.54 Å². The van der Waals surface area contributed by atoms with Crippen molar-refractivity contribution in [2.75, 3.05) is 38.0 Å². The Kier molecular flexibility index (Phi) is 10.9. The van der Waals surface area contributed by atoms with Crippen molar-refractivity contribution in [1.29, 1.82) is 0 Å². The van der Waals surface area contributed by atoms with E-state index in [4.69, 9.17) is 21.1 Å². The number of carbonyl (C=O) groups excluding carboxylic acids is 5. The number of aryl methyl sites for hydroxylation is 2. The molecule has 1 saturated heterocycles. The van der Waals surface area contributed by atoms with Gasteiger partial charge in [0.25, 0.3) is 17.1 Å². The monoisotopic (exact) mass is 715 g/mol. The smallest absolute Gasteiger partial charge is 0.339 e. The van der Waals surface area contributed by atoms with E-state index in [0.29, 0.717) is 34.5 Å². The molecule has 234 valence electrons. The van der Waals surface area contributed by atoms with E-state index in [9.17, 15) is 24.0 Å². The van der Waals surface area contributed by atoms with Crippen LogP contribution in [0.15, 0.2) is 57.9 Å². The van der Waals surface area contributed by atoms with Gasteiger partial charge in [-0.25, -0.2) is 4.79 Å². The van der Waals surface area contributed by atoms with E-state index in [1.807, 2.05) is 26.0 Å². The zero-order valence-electron chi connectivity index (χ0n) is 24.5. The lowest BCUT2D eigenvalue weighted by Crippen LogP contribution is -2.36. The van der Waals surface area contributed by atoms with Crippen LogP contribution in [0.4, 0.5) is 16.2 Å². The molecule has 45 heavy (non-hydrogen) atoms. The third kappa shape index (κ3) is 8.24. The average molecular weight is 717 g/mol. The van der Waals surface area contributed by atoms with Gasteiger partial charge in [-0.15, -0.1) is 0 Å². The standard InChI is InChI=1S/C31H27BrClN3O8S/c1-16-9-21(32)23(10-17(16)2)35-28(38)15-44-24-8-5-18(11-25(24)42-3)12-26-29(39)36(31(41)45-26)14-27(37)34-19-6-7-22(33)20(13-19)30(40)43-4/h5-13H,14-15H2,1-4H3,(H,34,37)(H,35,38)/b26-12+. The van der Waals surface area contributed by atoms with Gasteiger partial charge in [-0.05, 0) is 107 Å². The summed E-state index contributed by atoms with van der Waals surface area (Å²) in [5.74, 6) is -1.77. The largest absolute Gasteiger partial charge is 0.493 e. The van der Waals surface area contributed by atoms with Crippen LogP contribution >= 0.6 is 39.3 Å². The molecule has 2 N–H and O–H groups in total. The second-order valence-corrected chi connectivity index (χ2v) is 11.9. The zero-order chi connectivity index (χ0) is 32.8. The Balaban J connectivity index is 1.39. The fourth-order valence-corrected chi connectivity index (χ4v) is 5.69. The van der Waals surface area contributed by atoms with Crippen LogP contribution in [0.5, 0.6) is 11.5 Å². The van der Waals surface area contributed by atoms with Crippen molar-refractivity contribution >= 4 is 85.7 Å². The van der Waals surface area contributed by atoms with E-state index >= 15 is 0 Å². The molecule has 1 heterocycles. The number of nitrogens with one attached hydrogen (secondary N) is 2. The van der Waals surface area contributed by atoms with E-state index < -0.39 is 29.6 Å². The van der Waals surface area contributed by atoms with Crippen LogP contribution in [0.3, 0.4) is 0 Å². The predicted octanol–water partition coefficient (Wildman–Crippen LogP) is 6.21. The Morgan fingerprint density at radius 1 is 0.956 bits per heavy atom. The summed E-state index contributed by atoms with van der Waals surface area (Å²) in [6.45, 7) is 3.10. The van der Waals surface area contributed by atoms with Crippen LogP contribution in [0.1, 0.15) is 27.0 Å². The highest BCUT2D eigenvalue weighted by atomic mass is 79.9. The number of benzene rings is 3. The minimum absolute atomic E-state index is 0.0479. The molecule has 0 aliphatic carbocycles. The fraction of sp³-hybridized carbons (Fsp3) is 0.194. The fourth-order valence-electron chi connectivity index (χ4n) is 4.10. The maximum Gasteiger partial charge on any atom is 0.339 e. The number of thioether (sulfide) groups is 1. The number of imide groups is 1. The van der Waals surface area contributed by atoms with Crippen molar-refractivity contribution in [1.82, 2.24) is 4.90 Å². The molecule has 4 amide bonds. The third-order valence-electron chi connectivity index (χ3n) is 6.53. The van der Waals surface area contributed by atoms with Gasteiger partial charge in [0.2, 0.25) is 5.91 Å². The van der Waals surface area contributed by atoms with E-state index in [2.05, 4.69) is 31.3 Å². The van der Waals surface area contributed by atoms with Crippen LogP contribution in [0, 0.1) is 13.8 Å². The molecule has 1 aliphatic heterocycles. The average Bonchev–Trinajstić information content (AvgIpc) is 3.26. The quantitative estimate of drug-likeness (QED) is 0.185. The summed E-state index contributed by atoms with van der Waals surface area (Å²) in [5, 5.41) is 4.86. The van der Waals surface area contributed by atoms with Crippen molar-refractivity contribution < 1.29 is 38.2 Å². The summed E-state index contributed by atoms with van der Waals surface area (Å²) in [4.78, 5) is 63.6. The van der Waals surface area contributed by atoms with Crippen LogP contribution in [0.2, 0.25) is 5.02 Å². The van der Waals surface area contributed by atoms with Gasteiger partial charge in [-0.2, -0.15) is 0 Å². The van der Waals surface area contributed by atoms with Gasteiger partial charge >= 0.3 is 5.97 Å². The first-order valence-corrected chi connectivity index (χ1v) is 15.2. The minimum Gasteiger partial charge on any atom is -0.493 e. The number of amides is 4. The number of halogens is 2. The number of carbonyl (C=O) groups is 5. The first kappa shape index (κ1) is 33.6. The summed E-state index contributed by atoms with van der Waals surface area (Å²) in [7, 11) is 2.63. The van der Waals surface area contributed by atoms with Gasteiger partial charge in [0.15, 0.2) is 18.1 Å². The lowest BCUT2D eigenvalue weighted by atomic mass is 10.1. The molecule has 3 aromatic rings. The Morgan fingerprint density at radius 2 is 1.69 bits per heavy atom. The summed E-state index contributed by atoms with van der Waals surface area (Å²) >= 11 is 10.1. The molecule has 3 aromatic carbocycles. The van der Waals surface area contributed by atoms with Gasteiger partial charge in [0, 0.05) is 10.2 Å². The molecule has 1 fully saturated rings. The lowest BCUT2D eigenvalue weighted by molar-refractivity contribution is -0.127. The maximum atomic E-state index is 13.0. The highest BCUT2D eigenvalue weighted by Crippen LogP contribution is 2.35. The number of ether oxygens (including phenoxy) is 3. The molecule has 0 aromatic heterocycles. The van der Waals surface area contributed by atoms with Crippen LogP contribution in [-0.4, -0.2) is 61.2 Å². The van der Waals surface area contributed by atoms with Crippen LogP contribution in [0.25, 0.3) is 6.08 Å². The Morgan fingerprint density at radius 3 is 2.40 bits per heavy atom. The van der Waals surface area contributed by atoms with Crippen LogP contribution in [-0.2, 0) is 19.1 Å².